The number of pyridine rings is 1. The molecular weight excluding hydrogens is 269 g/mol. The Morgan fingerprint density at radius 3 is 2.71 bits per heavy atom. The zero-order valence-corrected chi connectivity index (χ0v) is 11.0. The van der Waals surface area contributed by atoms with Crippen LogP contribution in [0.15, 0.2) is 60.1 Å². The number of nitrogens with zero attached hydrogens (tertiary/aromatic N) is 4. The first-order valence-electron chi connectivity index (χ1n) is 6.27. The van der Waals surface area contributed by atoms with E-state index in [0.717, 1.165) is 11.1 Å². The smallest absolute Gasteiger partial charge is 0.221 e. The molecule has 2 heterocycles. The van der Waals surface area contributed by atoms with Gasteiger partial charge in [0.2, 0.25) is 5.95 Å². The summed E-state index contributed by atoms with van der Waals surface area (Å²) in [7, 11) is 0. The third-order valence-corrected chi connectivity index (χ3v) is 2.87. The zero-order chi connectivity index (χ0) is 14.7. The lowest BCUT2D eigenvalue weighted by Gasteiger charge is -1.95. The molecule has 104 valence electrons. The fourth-order valence-electron chi connectivity index (χ4n) is 1.81. The molecule has 5 nitrogen and oxygen atoms in total. The van der Waals surface area contributed by atoms with E-state index in [1.807, 2.05) is 12.1 Å². The molecule has 2 aromatic heterocycles. The number of anilines is 1. The quantitative estimate of drug-likeness (QED) is 0.750. The summed E-state index contributed by atoms with van der Waals surface area (Å²) in [4.78, 5) is 8.27. The average molecular weight is 281 g/mol. The van der Waals surface area contributed by atoms with Crippen LogP contribution in [0.2, 0.25) is 0 Å². The number of aromatic nitrogens is 3. The van der Waals surface area contributed by atoms with Gasteiger partial charge in [-0.05, 0) is 29.8 Å². The number of nitrogens with two attached hydrogens (primary N) is 1. The number of imidazole rings is 1. The molecule has 2 N–H and O–H groups in total. The van der Waals surface area contributed by atoms with E-state index in [2.05, 4.69) is 15.1 Å². The lowest BCUT2D eigenvalue weighted by molar-refractivity contribution is 0.628. The van der Waals surface area contributed by atoms with Crippen molar-refractivity contribution in [3.05, 3.63) is 66.4 Å². The van der Waals surface area contributed by atoms with E-state index in [0.29, 0.717) is 5.69 Å². The first-order valence-corrected chi connectivity index (χ1v) is 6.27. The Hall–Kier alpha value is -3.02. The van der Waals surface area contributed by atoms with Gasteiger partial charge in [-0.3, -0.25) is 4.98 Å². The molecule has 0 fully saturated rings. The highest BCUT2D eigenvalue weighted by atomic mass is 19.1. The molecule has 0 atom stereocenters. The molecule has 6 heteroatoms. The molecule has 0 aliphatic rings. The Kier molecular flexibility index (Phi) is 3.42. The van der Waals surface area contributed by atoms with Gasteiger partial charge < -0.3 is 5.73 Å². The van der Waals surface area contributed by atoms with E-state index in [9.17, 15) is 4.39 Å². The number of hydrogen-bond acceptors (Lipinski definition) is 4. The van der Waals surface area contributed by atoms with Crippen molar-refractivity contribution in [2.45, 2.75) is 0 Å². The van der Waals surface area contributed by atoms with E-state index in [-0.39, 0.29) is 11.8 Å². The van der Waals surface area contributed by atoms with Crippen LogP contribution < -0.4 is 5.73 Å². The van der Waals surface area contributed by atoms with Crippen LogP contribution in [0.4, 0.5) is 10.3 Å². The summed E-state index contributed by atoms with van der Waals surface area (Å²) in [6.07, 6.45) is 6.70. The van der Waals surface area contributed by atoms with Crippen molar-refractivity contribution in [2.24, 2.45) is 5.10 Å². The molecule has 3 aromatic rings. The lowest BCUT2D eigenvalue weighted by atomic mass is 10.2. The number of halogens is 1. The van der Waals surface area contributed by atoms with Crippen LogP contribution in [-0.2, 0) is 0 Å². The first-order chi connectivity index (χ1) is 10.2. The zero-order valence-electron chi connectivity index (χ0n) is 11.0. The number of benzene rings is 1. The molecule has 0 unspecified atom stereocenters. The topological polar surface area (TPSA) is 69.1 Å². The molecule has 0 aliphatic heterocycles. The molecule has 0 amide bonds. The SMILES string of the molecule is Nc1nc(-c2cccnc2)cn1N=Cc1ccc(F)cc1. The van der Waals surface area contributed by atoms with Crippen LogP contribution in [0.5, 0.6) is 0 Å². The molecular formula is C15H12FN5. The summed E-state index contributed by atoms with van der Waals surface area (Å²) in [6.45, 7) is 0. The predicted octanol–water partition coefficient (Wildman–Crippen LogP) is 2.55. The Morgan fingerprint density at radius 2 is 2.00 bits per heavy atom. The molecule has 0 bridgehead atoms. The molecule has 0 radical (unpaired) electrons. The molecule has 21 heavy (non-hydrogen) atoms. The van der Waals surface area contributed by atoms with E-state index < -0.39 is 0 Å². The van der Waals surface area contributed by atoms with Crippen molar-refractivity contribution in [2.75, 3.05) is 5.73 Å². The van der Waals surface area contributed by atoms with Gasteiger partial charge in [0, 0.05) is 18.0 Å². The Balaban J connectivity index is 1.86. The third kappa shape index (κ3) is 2.94. The van der Waals surface area contributed by atoms with Gasteiger partial charge in [-0.25, -0.2) is 14.1 Å². The molecule has 3 rings (SSSR count). The maximum Gasteiger partial charge on any atom is 0.221 e. The van der Waals surface area contributed by atoms with E-state index in [1.54, 1.807) is 36.9 Å². The van der Waals surface area contributed by atoms with Crippen molar-refractivity contribution in [1.82, 2.24) is 14.6 Å². The molecule has 0 aliphatic carbocycles. The van der Waals surface area contributed by atoms with Crippen molar-refractivity contribution >= 4 is 12.2 Å². The second-order valence-corrected chi connectivity index (χ2v) is 4.37. The minimum Gasteiger partial charge on any atom is -0.368 e. The Labute approximate surface area is 120 Å². The van der Waals surface area contributed by atoms with Crippen LogP contribution in [-0.4, -0.2) is 20.9 Å². The van der Waals surface area contributed by atoms with Gasteiger partial charge in [-0.1, -0.05) is 12.1 Å². The van der Waals surface area contributed by atoms with Crippen molar-refractivity contribution in [3.8, 4) is 11.3 Å². The van der Waals surface area contributed by atoms with Gasteiger partial charge in [-0.15, -0.1) is 0 Å². The average Bonchev–Trinajstić information content (AvgIpc) is 2.89. The van der Waals surface area contributed by atoms with E-state index in [4.69, 9.17) is 5.73 Å². The van der Waals surface area contributed by atoms with E-state index >= 15 is 0 Å². The van der Waals surface area contributed by atoms with Crippen molar-refractivity contribution < 1.29 is 4.39 Å². The van der Waals surface area contributed by atoms with E-state index in [1.165, 1.54) is 16.8 Å². The number of hydrogen-bond donors (Lipinski definition) is 1. The largest absolute Gasteiger partial charge is 0.368 e. The highest BCUT2D eigenvalue weighted by Gasteiger charge is 2.05. The van der Waals surface area contributed by atoms with Gasteiger partial charge in [-0.2, -0.15) is 5.10 Å². The Morgan fingerprint density at radius 1 is 1.19 bits per heavy atom. The van der Waals surface area contributed by atoms with Crippen LogP contribution >= 0.6 is 0 Å². The molecule has 0 saturated carbocycles. The maximum atomic E-state index is 12.8. The predicted molar refractivity (Wildman–Crippen MR) is 79.3 cm³/mol. The van der Waals surface area contributed by atoms with Gasteiger partial charge in [0.1, 0.15) is 5.82 Å². The van der Waals surface area contributed by atoms with Crippen molar-refractivity contribution in [1.29, 1.82) is 0 Å². The minimum absolute atomic E-state index is 0.271. The highest BCUT2D eigenvalue weighted by Crippen LogP contribution is 2.18. The summed E-state index contributed by atoms with van der Waals surface area (Å²) >= 11 is 0. The monoisotopic (exact) mass is 281 g/mol. The maximum absolute atomic E-state index is 12.8. The standard InChI is InChI=1S/C15H12FN5/c16-13-5-3-11(4-6-13)8-19-21-10-14(20-15(21)17)12-2-1-7-18-9-12/h1-10H,(H2,17,20). The molecule has 0 saturated heterocycles. The first kappa shape index (κ1) is 13.0. The number of rotatable bonds is 3. The summed E-state index contributed by atoms with van der Waals surface area (Å²) in [5, 5.41) is 4.21. The second-order valence-electron chi connectivity index (χ2n) is 4.37. The Bertz CT molecular complexity index is 763. The van der Waals surface area contributed by atoms with Crippen molar-refractivity contribution in [3.63, 3.8) is 0 Å². The van der Waals surface area contributed by atoms with Gasteiger partial charge in [0.25, 0.3) is 0 Å². The summed E-state index contributed by atoms with van der Waals surface area (Å²) < 4.78 is 14.3. The highest BCUT2D eigenvalue weighted by molar-refractivity contribution is 5.79. The summed E-state index contributed by atoms with van der Waals surface area (Å²) in [5.41, 5.74) is 8.15. The van der Waals surface area contributed by atoms with Crippen LogP contribution in [0, 0.1) is 5.82 Å². The van der Waals surface area contributed by atoms with Crippen LogP contribution in [0.3, 0.4) is 0 Å². The van der Waals surface area contributed by atoms with Gasteiger partial charge >= 0.3 is 0 Å². The third-order valence-electron chi connectivity index (χ3n) is 2.87. The lowest BCUT2D eigenvalue weighted by Crippen LogP contribution is -1.96. The summed E-state index contributed by atoms with van der Waals surface area (Å²) in [6, 6.07) is 9.73. The number of nitrogen functional groups attached to an aromatic ring is 1. The molecule has 0 spiro atoms. The fraction of sp³-hybridized carbons (Fsp3) is 0. The van der Waals surface area contributed by atoms with Crippen LogP contribution in [0.1, 0.15) is 5.56 Å². The molecule has 1 aromatic carbocycles. The van der Waals surface area contributed by atoms with Gasteiger partial charge in [0.15, 0.2) is 0 Å². The second kappa shape index (κ2) is 5.54. The summed E-state index contributed by atoms with van der Waals surface area (Å²) in [5.74, 6) is -0.0135. The van der Waals surface area contributed by atoms with Gasteiger partial charge in [0.05, 0.1) is 18.1 Å². The normalized spacial score (nSPS) is 11.1. The fourth-order valence-corrected chi connectivity index (χ4v) is 1.81. The minimum atomic E-state index is -0.284. The van der Waals surface area contributed by atoms with Crippen LogP contribution in [0.25, 0.3) is 11.3 Å².